The van der Waals surface area contributed by atoms with Gasteiger partial charge in [0.2, 0.25) is 0 Å². The Morgan fingerprint density at radius 1 is 1.28 bits per heavy atom. The molecular formula is C18H26BrCl2N3O. The highest BCUT2D eigenvalue weighted by molar-refractivity contribution is 9.10. The number of carbonyl (C=O) groups is 1. The van der Waals surface area contributed by atoms with Crippen LogP contribution in [0.15, 0.2) is 28.7 Å². The van der Waals surface area contributed by atoms with Crippen LogP contribution in [0.25, 0.3) is 10.9 Å². The molecule has 0 saturated heterocycles. The van der Waals surface area contributed by atoms with Crippen LogP contribution in [0.5, 0.6) is 0 Å². The smallest absolute Gasteiger partial charge is 0.254 e. The van der Waals surface area contributed by atoms with E-state index < -0.39 is 0 Å². The molecule has 140 valence electrons. The van der Waals surface area contributed by atoms with Crippen molar-refractivity contribution in [2.24, 2.45) is 11.7 Å². The summed E-state index contributed by atoms with van der Waals surface area (Å²) in [6.07, 6.45) is 0.797. The Balaban J connectivity index is 0.00000288. The molecule has 0 spiro atoms. The van der Waals surface area contributed by atoms with E-state index in [1.54, 1.807) is 4.90 Å². The average molecular weight is 451 g/mol. The van der Waals surface area contributed by atoms with Crippen LogP contribution in [0.4, 0.5) is 0 Å². The second-order valence-corrected chi connectivity index (χ2v) is 7.31. The largest absolute Gasteiger partial charge is 0.342 e. The summed E-state index contributed by atoms with van der Waals surface area (Å²) in [6.45, 7) is 6.76. The number of carbonyl (C=O) groups excluding carboxylic acids is 1. The van der Waals surface area contributed by atoms with Crippen molar-refractivity contribution in [3.63, 3.8) is 0 Å². The van der Waals surface area contributed by atoms with Gasteiger partial charge in [0.25, 0.3) is 5.91 Å². The number of hydrogen-bond donors (Lipinski definition) is 1. The van der Waals surface area contributed by atoms with Gasteiger partial charge in [0, 0.05) is 35.2 Å². The average Bonchev–Trinajstić information content (AvgIpc) is 2.51. The SMILES string of the molecule is Cc1cc(C(=O)N(C)CCC(N)C(C)C)c2cc(Br)ccc2n1.Cl.Cl. The van der Waals surface area contributed by atoms with E-state index >= 15 is 0 Å². The zero-order valence-electron chi connectivity index (χ0n) is 15.0. The van der Waals surface area contributed by atoms with Gasteiger partial charge in [-0.25, -0.2) is 0 Å². The van der Waals surface area contributed by atoms with Crippen LogP contribution in [0.1, 0.15) is 36.3 Å². The molecule has 2 aromatic rings. The highest BCUT2D eigenvalue weighted by atomic mass is 79.9. The molecule has 0 aliphatic carbocycles. The fraction of sp³-hybridized carbons (Fsp3) is 0.444. The molecule has 7 heteroatoms. The van der Waals surface area contributed by atoms with Crippen LogP contribution < -0.4 is 5.73 Å². The van der Waals surface area contributed by atoms with Crippen LogP contribution in [-0.4, -0.2) is 35.4 Å². The summed E-state index contributed by atoms with van der Waals surface area (Å²) < 4.78 is 0.939. The maximum atomic E-state index is 12.8. The van der Waals surface area contributed by atoms with Crippen molar-refractivity contribution < 1.29 is 4.79 Å². The molecular weight excluding hydrogens is 425 g/mol. The Labute approximate surface area is 170 Å². The Morgan fingerprint density at radius 2 is 1.92 bits per heavy atom. The minimum atomic E-state index is 0. The molecule has 1 amide bonds. The first-order valence-corrected chi connectivity index (χ1v) is 8.67. The van der Waals surface area contributed by atoms with Crippen LogP contribution in [0, 0.1) is 12.8 Å². The van der Waals surface area contributed by atoms with Gasteiger partial charge < -0.3 is 10.6 Å². The summed E-state index contributed by atoms with van der Waals surface area (Å²) in [7, 11) is 1.83. The fourth-order valence-electron chi connectivity index (χ4n) is 2.49. The van der Waals surface area contributed by atoms with E-state index in [0.29, 0.717) is 18.0 Å². The monoisotopic (exact) mass is 449 g/mol. The van der Waals surface area contributed by atoms with Gasteiger partial charge in [0.15, 0.2) is 0 Å². The number of amides is 1. The van der Waals surface area contributed by atoms with E-state index in [1.807, 2.05) is 38.2 Å². The van der Waals surface area contributed by atoms with Crippen LogP contribution in [0.3, 0.4) is 0 Å². The van der Waals surface area contributed by atoms with Gasteiger partial charge in [-0.3, -0.25) is 9.78 Å². The zero-order chi connectivity index (χ0) is 17.1. The molecule has 0 aliphatic heterocycles. The minimum Gasteiger partial charge on any atom is -0.342 e. The Morgan fingerprint density at radius 3 is 2.52 bits per heavy atom. The number of rotatable bonds is 5. The topological polar surface area (TPSA) is 59.2 Å². The molecule has 0 radical (unpaired) electrons. The second-order valence-electron chi connectivity index (χ2n) is 6.40. The molecule has 0 saturated carbocycles. The molecule has 2 rings (SSSR count). The molecule has 0 aliphatic rings. The molecule has 0 fully saturated rings. The van der Waals surface area contributed by atoms with Gasteiger partial charge in [-0.05, 0) is 43.5 Å². The molecule has 4 nitrogen and oxygen atoms in total. The lowest BCUT2D eigenvalue weighted by Crippen LogP contribution is -2.34. The number of fused-ring (bicyclic) bond motifs is 1. The van der Waals surface area contributed by atoms with Gasteiger partial charge in [-0.1, -0.05) is 29.8 Å². The minimum absolute atomic E-state index is 0. The van der Waals surface area contributed by atoms with Gasteiger partial charge >= 0.3 is 0 Å². The Kier molecular flexibility index (Phi) is 9.95. The molecule has 1 heterocycles. The van der Waals surface area contributed by atoms with Crippen molar-refractivity contribution in [2.45, 2.75) is 33.2 Å². The summed E-state index contributed by atoms with van der Waals surface area (Å²) in [5.74, 6) is 0.424. The van der Waals surface area contributed by atoms with Crippen molar-refractivity contribution >= 4 is 57.6 Å². The molecule has 1 aromatic heterocycles. The third kappa shape index (κ3) is 6.10. The third-order valence-corrected chi connectivity index (χ3v) is 4.62. The number of hydrogen-bond acceptors (Lipinski definition) is 3. The van der Waals surface area contributed by atoms with Gasteiger partial charge in [0.1, 0.15) is 0 Å². The summed E-state index contributed by atoms with van der Waals surface area (Å²) in [5.41, 5.74) is 8.45. The van der Waals surface area contributed by atoms with Crippen LogP contribution in [-0.2, 0) is 0 Å². The first-order chi connectivity index (χ1) is 10.8. The number of aromatic nitrogens is 1. The van der Waals surface area contributed by atoms with Crippen LogP contribution in [0.2, 0.25) is 0 Å². The number of nitrogens with zero attached hydrogens (tertiary/aromatic N) is 2. The van der Waals surface area contributed by atoms with Crippen molar-refractivity contribution in [2.75, 3.05) is 13.6 Å². The summed E-state index contributed by atoms with van der Waals surface area (Å²) in [6, 6.07) is 7.78. The van der Waals surface area contributed by atoms with E-state index in [1.165, 1.54) is 0 Å². The van der Waals surface area contributed by atoms with E-state index in [-0.39, 0.29) is 36.8 Å². The normalized spacial score (nSPS) is 11.6. The first kappa shape index (κ1) is 24.1. The number of nitrogens with two attached hydrogens (primary N) is 1. The lowest BCUT2D eigenvalue weighted by molar-refractivity contribution is 0.0791. The van der Waals surface area contributed by atoms with Crippen molar-refractivity contribution in [3.8, 4) is 0 Å². The molecule has 25 heavy (non-hydrogen) atoms. The summed E-state index contributed by atoms with van der Waals surface area (Å²) in [4.78, 5) is 19.1. The Bertz CT molecular complexity index is 725. The standard InChI is InChI=1S/C18H24BrN3O.2ClH/c1-11(2)16(20)7-8-22(4)18(23)15-9-12(3)21-17-6-5-13(19)10-14(15)17;;/h5-6,9-11,16H,7-8,20H2,1-4H3;2*1H. The number of aryl methyl sites for hydroxylation is 1. The second kappa shape index (κ2) is 10.3. The quantitative estimate of drug-likeness (QED) is 0.724. The van der Waals surface area contributed by atoms with Crippen molar-refractivity contribution in [1.29, 1.82) is 0 Å². The molecule has 1 unspecified atom stereocenters. The fourth-order valence-corrected chi connectivity index (χ4v) is 2.85. The summed E-state index contributed by atoms with van der Waals surface area (Å²) >= 11 is 3.47. The maximum Gasteiger partial charge on any atom is 0.254 e. The predicted molar refractivity (Wildman–Crippen MR) is 113 cm³/mol. The van der Waals surface area contributed by atoms with E-state index in [0.717, 1.165) is 27.5 Å². The molecule has 1 atom stereocenters. The Hall–Kier alpha value is -0.880. The van der Waals surface area contributed by atoms with Crippen LogP contribution >= 0.6 is 40.7 Å². The lowest BCUT2D eigenvalue weighted by Gasteiger charge is -2.22. The van der Waals surface area contributed by atoms with Crippen molar-refractivity contribution in [1.82, 2.24) is 9.88 Å². The predicted octanol–water partition coefficient (Wildman–Crippen LogP) is 4.59. The van der Waals surface area contributed by atoms with Crippen molar-refractivity contribution in [3.05, 3.63) is 40.0 Å². The number of benzene rings is 1. The van der Waals surface area contributed by atoms with Gasteiger partial charge in [-0.15, -0.1) is 24.8 Å². The lowest BCUT2D eigenvalue weighted by atomic mass is 10.0. The number of pyridine rings is 1. The van der Waals surface area contributed by atoms with E-state index in [2.05, 4.69) is 34.8 Å². The molecule has 1 aromatic carbocycles. The highest BCUT2D eigenvalue weighted by Gasteiger charge is 2.18. The summed E-state index contributed by atoms with van der Waals surface area (Å²) in [5, 5.41) is 0.870. The number of halogens is 3. The third-order valence-electron chi connectivity index (χ3n) is 4.13. The van der Waals surface area contributed by atoms with E-state index in [9.17, 15) is 4.79 Å². The van der Waals surface area contributed by atoms with Gasteiger partial charge in [-0.2, -0.15) is 0 Å². The maximum absolute atomic E-state index is 12.8. The van der Waals surface area contributed by atoms with E-state index in [4.69, 9.17) is 5.73 Å². The molecule has 0 bridgehead atoms. The zero-order valence-corrected chi connectivity index (χ0v) is 18.2. The first-order valence-electron chi connectivity index (χ1n) is 7.87. The molecule has 2 N–H and O–H groups in total. The highest BCUT2D eigenvalue weighted by Crippen LogP contribution is 2.24. The van der Waals surface area contributed by atoms with Gasteiger partial charge in [0.05, 0.1) is 11.1 Å².